The summed E-state index contributed by atoms with van der Waals surface area (Å²) in [5.41, 5.74) is 0. The van der Waals surface area contributed by atoms with E-state index < -0.39 is 0 Å². The fraction of sp³-hybridized carbons (Fsp3) is 0. The van der Waals surface area contributed by atoms with Crippen molar-refractivity contribution < 1.29 is 0 Å². The van der Waals surface area contributed by atoms with Crippen LogP contribution in [0.4, 0.5) is 0 Å². The number of hydrogen-bond acceptors (Lipinski definition) is 3. The van der Waals surface area contributed by atoms with E-state index in [9.17, 15) is 0 Å². The molecule has 4 nitrogen and oxygen atoms in total. The van der Waals surface area contributed by atoms with Crippen LogP contribution in [-0.2, 0) is 0 Å². The number of halogens is 1. The Morgan fingerprint density at radius 3 is 2.58 bits per heavy atom. The molecule has 12 heavy (non-hydrogen) atoms. The molecular formula is C7H5ClN4. The molecule has 0 aliphatic heterocycles. The summed E-state index contributed by atoms with van der Waals surface area (Å²) in [6, 6.07) is 3.42. The molecule has 0 aromatic carbocycles. The molecule has 0 aliphatic carbocycles. The average molecular weight is 181 g/mol. The van der Waals surface area contributed by atoms with Crippen LogP contribution in [0, 0.1) is 0 Å². The number of aromatic nitrogens is 4. The molecule has 0 saturated heterocycles. The maximum Gasteiger partial charge on any atom is 0.250 e. The third kappa shape index (κ3) is 1.29. The lowest BCUT2D eigenvalue weighted by atomic mass is 10.7. The molecule has 0 saturated carbocycles. The predicted molar refractivity (Wildman–Crippen MR) is 44.2 cm³/mol. The summed E-state index contributed by atoms with van der Waals surface area (Å²) >= 11 is 5.62. The molecule has 0 spiro atoms. The summed E-state index contributed by atoms with van der Waals surface area (Å²) in [5, 5.41) is 4.37. The largest absolute Gasteiger partial charge is 0.250 e. The minimum absolute atomic E-state index is 0.433. The van der Waals surface area contributed by atoms with Gasteiger partial charge in [-0.2, -0.15) is 5.10 Å². The highest BCUT2D eigenvalue weighted by Gasteiger charge is 1.98. The summed E-state index contributed by atoms with van der Waals surface area (Å²) < 4.78 is 1.52. The van der Waals surface area contributed by atoms with E-state index in [0.717, 1.165) is 0 Å². The van der Waals surface area contributed by atoms with E-state index in [0.29, 0.717) is 11.1 Å². The quantitative estimate of drug-likeness (QED) is 0.665. The van der Waals surface area contributed by atoms with Crippen LogP contribution < -0.4 is 0 Å². The van der Waals surface area contributed by atoms with E-state index in [4.69, 9.17) is 11.6 Å². The molecule has 0 aliphatic rings. The van der Waals surface area contributed by atoms with E-state index in [-0.39, 0.29) is 0 Å². The fourth-order valence-corrected chi connectivity index (χ4v) is 0.960. The summed E-state index contributed by atoms with van der Waals surface area (Å²) in [6.07, 6.45) is 5.01. The van der Waals surface area contributed by atoms with Crippen LogP contribution in [0.25, 0.3) is 5.95 Å². The molecule has 0 radical (unpaired) electrons. The lowest BCUT2D eigenvalue weighted by Gasteiger charge is -1.95. The lowest BCUT2D eigenvalue weighted by molar-refractivity contribution is 0.808. The van der Waals surface area contributed by atoms with Gasteiger partial charge in [0.25, 0.3) is 0 Å². The Morgan fingerprint density at radius 2 is 2.00 bits per heavy atom. The van der Waals surface area contributed by atoms with E-state index in [1.54, 1.807) is 30.7 Å². The normalized spacial score (nSPS) is 10.1. The standard InChI is InChI=1S/C7H5ClN4/c8-6-2-5-12(11-6)7-9-3-1-4-10-7/h1-5H. The average Bonchev–Trinajstić information content (AvgIpc) is 2.54. The van der Waals surface area contributed by atoms with Gasteiger partial charge in [0, 0.05) is 18.6 Å². The summed E-state index contributed by atoms with van der Waals surface area (Å²) in [4.78, 5) is 7.99. The van der Waals surface area contributed by atoms with Crippen molar-refractivity contribution in [2.45, 2.75) is 0 Å². The monoisotopic (exact) mass is 180 g/mol. The van der Waals surface area contributed by atoms with E-state index in [2.05, 4.69) is 15.1 Å². The van der Waals surface area contributed by atoms with Crippen LogP contribution in [0.5, 0.6) is 0 Å². The highest BCUT2D eigenvalue weighted by Crippen LogP contribution is 2.05. The first-order chi connectivity index (χ1) is 5.86. The van der Waals surface area contributed by atoms with Gasteiger partial charge in [0.15, 0.2) is 5.15 Å². The van der Waals surface area contributed by atoms with Gasteiger partial charge in [0.05, 0.1) is 0 Å². The van der Waals surface area contributed by atoms with Crippen molar-refractivity contribution in [3.05, 3.63) is 35.9 Å². The Bertz CT molecular complexity index is 370. The van der Waals surface area contributed by atoms with Gasteiger partial charge in [0.1, 0.15) is 0 Å². The van der Waals surface area contributed by atoms with Crippen LogP contribution in [0.3, 0.4) is 0 Å². The molecule has 2 rings (SSSR count). The zero-order valence-corrected chi connectivity index (χ0v) is 6.81. The summed E-state index contributed by atoms with van der Waals surface area (Å²) in [6.45, 7) is 0. The van der Waals surface area contributed by atoms with Crippen LogP contribution in [0.2, 0.25) is 5.15 Å². The second-order valence-electron chi connectivity index (χ2n) is 2.13. The second kappa shape index (κ2) is 2.91. The first-order valence-corrected chi connectivity index (χ1v) is 3.72. The van der Waals surface area contributed by atoms with Gasteiger partial charge in [-0.1, -0.05) is 11.6 Å². The number of hydrogen-bond donors (Lipinski definition) is 0. The van der Waals surface area contributed by atoms with Crippen molar-refractivity contribution >= 4 is 11.6 Å². The molecule has 0 fully saturated rings. The predicted octanol–water partition coefficient (Wildman–Crippen LogP) is 1.32. The molecule has 2 aromatic heterocycles. The van der Waals surface area contributed by atoms with Crippen LogP contribution in [0.1, 0.15) is 0 Å². The molecule has 2 aromatic rings. The van der Waals surface area contributed by atoms with Gasteiger partial charge in [-0.05, 0) is 12.1 Å². The highest BCUT2D eigenvalue weighted by atomic mass is 35.5. The molecule has 60 valence electrons. The third-order valence-electron chi connectivity index (χ3n) is 1.31. The summed E-state index contributed by atoms with van der Waals surface area (Å²) in [7, 11) is 0. The lowest BCUT2D eigenvalue weighted by Crippen LogP contribution is -1.99. The Labute approximate surface area is 73.8 Å². The van der Waals surface area contributed by atoms with Gasteiger partial charge in [-0.3, -0.25) is 0 Å². The molecule has 0 unspecified atom stereocenters. The maximum absolute atomic E-state index is 5.62. The van der Waals surface area contributed by atoms with Crippen molar-refractivity contribution in [2.24, 2.45) is 0 Å². The van der Waals surface area contributed by atoms with Crippen molar-refractivity contribution in [3.63, 3.8) is 0 Å². The zero-order valence-electron chi connectivity index (χ0n) is 6.05. The summed E-state index contributed by atoms with van der Waals surface area (Å²) in [5.74, 6) is 0.518. The van der Waals surface area contributed by atoms with Crippen molar-refractivity contribution in [3.8, 4) is 5.95 Å². The van der Waals surface area contributed by atoms with Crippen molar-refractivity contribution in [1.29, 1.82) is 0 Å². The Hall–Kier alpha value is -1.42. The number of nitrogens with zero attached hydrogens (tertiary/aromatic N) is 4. The molecule has 2 heterocycles. The zero-order chi connectivity index (χ0) is 8.39. The van der Waals surface area contributed by atoms with Crippen molar-refractivity contribution in [1.82, 2.24) is 19.7 Å². The van der Waals surface area contributed by atoms with Crippen LogP contribution >= 0.6 is 11.6 Å². The van der Waals surface area contributed by atoms with Gasteiger partial charge in [-0.25, -0.2) is 14.6 Å². The smallest absolute Gasteiger partial charge is 0.220 e. The second-order valence-corrected chi connectivity index (χ2v) is 2.52. The van der Waals surface area contributed by atoms with E-state index in [1.165, 1.54) is 4.68 Å². The molecule has 5 heteroatoms. The Morgan fingerprint density at radius 1 is 1.25 bits per heavy atom. The number of rotatable bonds is 1. The molecule has 0 bridgehead atoms. The minimum atomic E-state index is 0.433. The van der Waals surface area contributed by atoms with Gasteiger partial charge in [-0.15, -0.1) is 0 Å². The third-order valence-corrected chi connectivity index (χ3v) is 1.52. The van der Waals surface area contributed by atoms with Crippen LogP contribution in [-0.4, -0.2) is 19.7 Å². The minimum Gasteiger partial charge on any atom is -0.220 e. The molecule has 0 N–H and O–H groups in total. The molecular weight excluding hydrogens is 176 g/mol. The van der Waals surface area contributed by atoms with Crippen molar-refractivity contribution in [2.75, 3.05) is 0 Å². The SMILES string of the molecule is Clc1ccn(-c2ncccn2)n1. The topological polar surface area (TPSA) is 43.6 Å². The first kappa shape index (κ1) is 7.24. The Kier molecular flexibility index (Phi) is 1.75. The highest BCUT2D eigenvalue weighted by molar-refractivity contribution is 6.29. The van der Waals surface area contributed by atoms with Crippen LogP contribution in [0.15, 0.2) is 30.7 Å². The van der Waals surface area contributed by atoms with Gasteiger partial charge < -0.3 is 0 Å². The maximum atomic E-state index is 5.62. The molecule has 0 amide bonds. The molecule has 0 atom stereocenters. The van der Waals surface area contributed by atoms with E-state index >= 15 is 0 Å². The fourth-order valence-electron chi connectivity index (χ4n) is 0.823. The first-order valence-electron chi connectivity index (χ1n) is 3.35. The van der Waals surface area contributed by atoms with Gasteiger partial charge in [0.2, 0.25) is 5.95 Å². The van der Waals surface area contributed by atoms with Gasteiger partial charge >= 0.3 is 0 Å². The Balaban J connectivity index is 2.45. The van der Waals surface area contributed by atoms with E-state index in [1.807, 2.05) is 0 Å².